The van der Waals surface area contributed by atoms with Crippen LogP contribution in [0.1, 0.15) is 24.5 Å². The summed E-state index contributed by atoms with van der Waals surface area (Å²) >= 11 is 1.39. The zero-order valence-electron chi connectivity index (χ0n) is 15.9. The second-order valence-corrected chi connectivity index (χ2v) is 10.3. The van der Waals surface area contributed by atoms with Gasteiger partial charge in [0.25, 0.3) is 0 Å². The van der Waals surface area contributed by atoms with E-state index in [1.54, 1.807) is 19.1 Å². The van der Waals surface area contributed by atoms with Gasteiger partial charge in [-0.15, -0.1) is 11.8 Å². The summed E-state index contributed by atoms with van der Waals surface area (Å²) in [5, 5.41) is 5.24. The maximum absolute atomic E-state index is 12.6. The minimum absolute atomic E-state index is 0.0979. The quantitative estimate of drug-likeness (QED) is 0.775. The number of thioether (sulfide) groups is 1. The Morgan fingerprint density at radius 1 is 1.14 bits per heavy atom. The molecule has 0 aromatic heterocycles. The van der Waals surface area contributed by atoms with Crippen LogP contribution < -0.4 is 10.6 Å². The molecule has 0 radical (unpaired) electrons. The fourth-order valence-electron chi connectivity index (χ4n) is 2.77. The first-order chi connectivity index (χ1) is 13.2. The van der Waals surface area contributed by atoms with Crippen molar-refractivity contribution in [1.29, 1.82) is 0 Å². The molecule has 2 amide bonds. The normalized spacial score (nSPS) is 16.2. The fraction of sp³-hybridized carbons (Fsp3) is 0.300. The number of hydrogen-bond acceptors (Lipinski definition) is 5. The highest BCUT2D eigenvalue weighted by Gasteiger charge is 2.25. The monoisotopic (exact) mass is 418 g/mol. The van der Waals surface area contributed by atoms with Crippen LogP contribution in [0.2, 0.25) is 0 Å². The highest BCUT2D eigenvalue weighted by Crippen LogP contribution is 2.36. The summed E-state index contributed by atoms with van der Waals surface area (Å²) in [5.41, 5.74) is 3.31. The van der Waals surface area contributed by atoms with E-state index in [0.717, 1.165) is 16.0 Å². The maximum Gasteiger partial charge on any atom is 0.237 e. The molecule has 28 heavy (non-hydrogen) atoms. The van der Waals surface area contributed by atoms with E-state index in [-0.39, 0.29) is 34.1 Å². The number of sulfone groups is 1. The second kappa shape index (κ2) is 7.97. The summed E-state index contributed by atoms with van der Waals surface area (Å²) in [6, 6.07) is 10.2. The van der Waals surface area contributed by atoms with E-state index in [0.29, 0.717) is 11.4 Å². The van der Waals surface area contributed by atoms with E-state index < -0.39 is 9.84 Å². The van der Waals surface area contributed by atoms with Crippen LogP contribution in [-0.4, -0.2) is 31.2 Å². The molecule has 0 saturated carbocycles. The highest BCUT2D eigenvalue weighted by molar-refractivity contribution is 8.01. The molecule has 0 fully saturated rings. The lowest BCUT2D eigenvalue weighted by molar-refractivity contribution is -0.116. The van der Waals surface area contributed by atoms with Crippen LogP contribution in [0.4, 0.5) is 11.4 Å². The Balaban J connectivity index is 1.67. The Kier molecular flexibility index (Phi) is 5.81. The van der Waals surface area contributed by atoms with E-state index in [9.17, 15) is 18.0 Å². The van der Waals surface area contributed by atoms with Gasteiger partial charge in [-0.3, -0.25) is 9.59 Å². The largest absolute Gasteiger partial charge is 0.326 e. The van der Waals surface area contributed by atoms with Crippen molar-refractivity contribution in [3.63, 3.8) is 0 Å². The zero-order valence-corrected chi connectivity index (χ0v) is 17.5. The van der Waals surface area contributed by atoms with Gasteiger partial charge in [-0.1, -0.05) is 6.07 Å². The predicted octanol–water partition coefficient (Wildman–Crippen LogP) is 3.54. The van der Waals surface area contributed by atoms with E-state index in [4.69, 9.17) is 0 Å². The van der Waals surface area contributed by atoms with E-state index >= 15 is 0 Å². The van der Waals surface area contributed by atoms with Crippen molar-refractivity contribution in [3.8, 4) is 0 Å². The highest BCUT2D eigenvalue weighted by atomic mass is 32.2. The summed E-state index contributed by atoms with van der Waals surface area (Å²) in [5.74, 6) is -0.817. The molecular weight excluding hydrogens is 396 g/mol. The van der Waals surface area contributed by atoms with Crippen LogP contribution in [0.25, 0.3) is 0 Å². The van der Waals surface area contributed by atoms with Gasteiger partial charge in [0.15, 0.2) is 9.84 Å². The van der Waals surface area contributed by atoms with E-state index in [1.165, 1.54) is 23.9 Å². The molecule has 0 saturated heterocycles. The maximum atomic E-state index is 12.6. The minimum atomic E-state index is -3.65. The molecular formula is C20H22N2O4S2. The van der Waals surface area contributed by atoms with Gasteiger partial charge in [0.05, 0.1) is 21.6 Å². The average Bonchev–Trinajstić information content (AvgIpc) is 2.64. The molecule has 6 nitrogen and oxygen atoms in total. The van der Waals surface area contributed by atoms with Gasteiger partial charge >= 0.3 is 0 Å². The molecule has 1 heterocycles. The van der Waals surface area contributed by atoms with Crippen molar-refractivity contribution in [3.05, 3.63) is 47.5 Å². The number of fused-ring (bicyclic) bond motifs is 1. The summed E-state index contributed by atoms with van der Waals surface area (Å²) in [6.07, 6.45) is -0.148. The smallest absolute Gasteiger partial charge is 0.237 e. The molecule has 2 aromatic rings. The third-order valence-corrected chi connectivity index (χ3v) is 7.52. The van der Waals surface area contributed by atoms with Gasteiger partial charge in [-0.25, -0.2) is 8.42 Å². The molecule has 3 rings (SSSR count). The fourth-order valence-corrected chi connectivity index (χ4v) is 4.96. The van der Waals surface area contributed by atoms with Crippen LogP contribution in [0, 0.1) is 13.8 Å². The standard InChI is InChI=1S/C20H22N2O4S2/c1-12-4-5-15(10-13(12)2)21-19(23)8-9-28(25,26)16-6-7-18-17(11-16)22-20(24)14(3)27-18/h4-7,10-11,14H,8-9H2,1-3H3,(H,21,23)(H,22,24)/t14-/m0/s1. The van der Waals surface area contributed by atoms with Gasteiger partial charge in [0.2, 0.25) is 11.8 Å². The minimum Gasteiger partial charge on any atom is -0.326 e. The van der Waals surface area contributed by atoms with Gasteiger partial charge in [-0.05, 0) is 62.2 Å². The van der Waals surface area contributed by atoms with Crippen LogP contribution in [0.5, 0.6) is 0 Å². The van der Waals surface area contributed by atoms with Crippen molar-refractivity contribution < 1.29 is 18.0 Å². The van der Waals surface area contributed by atoms with Crippen LogP contribution >= 0.6 is 11.8 Å². The molecule has 2 aromatic carbocycles. The van der Waals surface area contributed by atoms with Crippen molar-refractivity contribution in [1.82, 2.24) is 0 Å². The topological polar surface area (TPSA) is 92.3 Å². The summed E-state index contributed by atoms with van der Waals surface area (Å²) in [4.78, 5) is 24.9. The lowest BCUT2D eigenvalue weighted by Gasteiger charge is -2.21. The van der Waals surface area contributed by atoms with Crippen molar-refractivity contribution in [2.24, 2.45) is 0 Å². The summed E-state index contributed by atoms with van der Waals surface area (Å²) in [6.45, 7) is 5.72. The lowest BCUT2D eigenvalue weighted by atomic mass is 10.1. The average molecular weight is 419 g/mol. The first kappa shape index (κ1) is 20.4. The number of nitrogens with one attached hydrogen (secondary N) is 2. The SMILES string of the molecule is Cc1ccc(NC(=O)CCS(=O)(=O)c2ccc3c(c2)NC(=O)[C@H](C)S3)cc1C. The number of carbonyl (C=O) groups is 2. The third-order valence-electron chi connectivity index (χ3n) is 4.63. The predicted molar refractivity (Wildman–Crippen MR) is 112 cm³/mol. The Morgan fingerprint density at radius 2 is 1.89 bits per heavy atom. The second-order valence-electron chi connectivity index (χ2n) is 6.82. The number of anilines is 2. The molecule has 0 spiro atoms. The number of hydrogen-bond donors (Lipinski definition) is 2. The van der Waals surface area contributed by atoms with Crippen molar-refractivity contribution >= 4 is 44.8 Å². The van der Waals surface area contributed by atoms with Gasteiger partial charge in [0, 0.05) is 17.0 Å². The molecule has 8 heteroatoms. The van der Waals surface area contributed by atoms with Crippen LogP contribution in [-0.2, 0) is 19.4 Å². The Hall–Kier alpha value is -2.32. The van der Waals surface area contributed by atoms with Crippen LogP contribution in [0.3, 0.4) is 0 Å². The molecule has 2 N–H and O–H groups in total. The van der Waals surface area contributed by atoms with Gasteiger partial charge < -0.3 is 10.6 Å². The first-order valence-corrected chi connectivity index (χ1v) is 11.4. The van der Waals surface area contributed by atoms with E-state index in [1.807, 2.05) is 26.0 Å². The summed E-state index contributed by atoms with van der Waals surface area (Å²) < 4.78 is 25.2. The summed E-state index contributed by atoms with van der Waals surface area (Å²) in [7, 11) is -3.65. The Bertz CT molecular complexity index is 1050. The van der Waals surface area contributed by atoms with Crippen molar-refractivity contribution in [2.75, 3.05) is 16.4 Å². The molecule has 1 atom stereocenters. The molecule has 0 aliphatic carbocycles. The number of rotatable bonds is 5. The Morgan fingerprint density at radius 3 is 2.61 bits per heavy atom. The Labute approximate surface area is 169 Å². The first-order valence-electron chi connectivity index (χ1n) is 8.87. The third kappa shape index (κ3) is 4.56. The zero-order chi connectivity index (χ0) is 20.5. The van der Waals surface area contributed by atoms with Gasteiger partial charge in [0.1, 0.15) is 0 Å². The number of aryl methyl sites for hydroxylation is 2. The number of amides is 2. The van der Waals surface area contributed by atoms with Crippen molar-refractivity contribution in [2.45, 2.75) is 42.2 Å². The van der Waals surface area contributed by atoms with E-state index in [2.05, 4.69) is 10.6 Å². The molecule has 148 valence electrons. The molecule has 1 aliphatic rings. The molecule has 1 aliphatic heterocycles. The number of carbonyl (C=O) groups excluding carboxylic acids is 2. The molecule has 0 bridgehead atoms. The van der Waals surface area contributed by atoms with Gasteiger partial charge in [-0.2, -0.15) is 0 Å². The lowest BCUT2D eigenvalue weighted by Crippen LogP contribution is -2.26. The molecule has 0 unspecified atom stereocenters. The number of benzene rings is 2. The van der Waals surface area contributed by atoms with Crippen LogP contribution in [0.15, 0.2) is 46.2 Å².